The zero-order valence-corrected chi connectivity index (χ0v) is 17.4. The number of aryl methyl sites for hydroxylation is 1. The Morgan fingerprint density at radius 3 is 2.46 bits per heavy atom. The maximum absolute atomic E-state index is 12.1. The molecule has 0 bridgehead atoms. The SMILES string of the molecule is CCN(CC)C(=O)CSCC(=O)Nc1nc(-c2ccc(Cl)cc2)c(C)s1. The maximum Gasteiger partial charge on any atom is 0.236 e. The van der Waals surface area contributed by atoms with Crippen LogP contribution >= 0.6 is 34.7 Å². The Labute approximate surface area is 167 Å². The molecule has 0 unspecified atom stereocenters. The Kier molecular flexibility index (Phi) is 7.93. The standard InChI is InChI=1S/C18H22ClN3O2S2/c1-4-22(5-2)16(24)11-25-10-15(23)20-18-21-17(12(3)26-18)13-6-8-14(19)9-7-13/h6-9H,4-5,10-11H2,1-3H3,(H,20,21,23). The molecule has 26 heavy (non-hydrogen) atoms. The van der Waals surface area contributed by atoms with Gasteiger partial charge in [-0.05, 0) is 32.9 Å². The van der Waals surface area contributed by atoms with Crippen molar-refractivity contribution < 1.29 is 9.59 Å². The third-order valence-electron chi connectivity index (χ3n) is 3.74. The van der Waals surface area contributed by atoms with Crippen LogP contribution in [0.25, 0.3) is 11.3 Å². The Bertz CT molecular complexity index is 758. The lowest BCUT2D eigenvalue weighted by Crippen LogP contribution is -2.32. The van der Waals surface area contributed by atoms with E-state index >= 15 is 0 Å². The van der Waals surface area contributed by atoms with Crippen molar-refractivity contribution in [1.29, 1.82) is 0 Å². The monoisotopic (exact) mass is 411 g/mol. The van der Waals surface area contributed by atoms with Crippen molar-refractivity contribution in [3.63, 3.8) is 0 Å². The number of amides is 2. The van der Waals surface area contributed by atoms with Gasteiger partial charge in [0.1, 0.15) is 0 Å². The summed E-state index contributed by atoms with van der Waals surface area (Å²) < 4.78 is 0. The van der Waals surface area contributed by atoms with Gasteiger partial charge in [-0.15, -0.1) is 23.1 Å². The molecule has 0 aliphatic rings. The molecule has 0 saturated carbocycles. The fraction of sp³-hybridized carbons (Fsp3) is 0.389. The van der Waals surface area contributed by atoms with Crippen LogP contribution in [0.4, 0.5) is 5.13 Å². The van der Waals surface area contributed by atoms with Crippen LogP contribution in [0.15, 0.2) is 24.3 Å². The van der Waals surface area contributed by atoms with E-state index in [0.717, 1.165) is 16.1 Å². The van der Waals surface area contributed by atoms with Gasteiger partial charge in [-0.3, -0.25) is 9.59 Å². The minimum absolute atomic E-state index is 0.0583. The summed E-state index contributed by atoms with van der Waals surface area (Å²) in [6.45, 7) is 7.24. The second-order valence-corrected chi connectivity index (χ2v) is 8.16. The molecule has 1 N–H and O–H groups in total. The van der Waals surface area contributed by atoms with Gasteiger partial charge in [-0.2, -0.15) is 0 Å². The minimum atomic E-state index is -0.154. The molecule has 0 aliphatic carbocycles. The first-order chi connectivity index (χ1) is 12.4. The highest BCUT2D eigenvalue weighted by Crippen LogP contribution is 2.31. The first-order valence-corrected chi connectivity index (χ1v) is 10.7. The third-order valence-corrected chi connectivity index (χ3v) is 5.79. The van der Waals surface area contributed by atoms with Gasteiger partial charge in [0.05, 0.1) is 17.2 Å². The Morgan fingerprint density at radius 2 is 1.85 bits per heavy atom. The highest BCUT2D eigenvalue weighted by Gasteiger charge is 2.14. The molecular formula is C18H22ClN3O2S2. The molecule has 0 aliphatic heterocycles. The number of nitrogens with one attached hydrogen (secondary N) is 1. The quantitative estimate of drug-likeness (QED) is 0.702. The maximum atomic E-state index is 12.1. The van der Waals surface area contributed by atoms with E-state index in [1.54, 1.807) is 4.90 Å². The zero-order chi connectivity index (χ0) is 19.1. The molecule has 0 spiro atoms. The molecule has 0 radical (unpaired) electrons. The van der Waals surface area contributed by atoms with E-state index in [4.69, 9.17) is 11.6 Å². The largest absolute Gasteiger partial charge is 0.343 e. The Hall–Kier alpha value is -1.57. The molecule has 8 heteroatoms. The number of rotatable bonds is 8. The molecule has 5 nitrogen and oxygen atoms in total. The summed E-state index contributed by atoms with van der Waals surface area (Å²) in [5.74, 6) is 0.436. The summed E-state index contributed by atoms with van der Waals surface area (Å²) in [7, 11) is 0. The minimum Gasteiger partial charge on any atom is -0.343 e. The van der Waals surface area contributed by atoms with Crippen molar-refractivity contribution in [2.75, 3.05) is 29.9 Å². The fourth-order valence-electron chi connectivity index (χ4n) is 2.38. The van der Waals surface area contributed by atoms with Crippen LogP contribution < -0.4 is 5.32 Å². The van der Waals surface area contributed by atoms with Gasteiger partial charge in [-0.25, -0.2) is 4.98 Å². The Morgan fingerprint density at radius 1 is 1.19 bits per heavy atom. The summed E-state index contributed by atoms with van der Waals surface area (Å²) in [6, 6.07) is 7.45. The summed E-state index contributed by atoms with van der Waals surface area (Å²) >= 11 is 8.67. The molecule has 1 aromatic heterocycles. The molecule has 140 valence electrons. The van der Waals surface area contributed by atoms with Gasteiger partial charge in [0.15, 0.2) is 5.13 Å². The number of carbonyl (C=O) groups excluding carboxylic acids is 2. The first-order valence-electron chi connectivity index (χ1n) is 8.33. The second-order valence-electron chi connectivity index (χ2n) is 5.54. The molecule has 1 aromatic carbocycles. The molecule has 2 amide bonds. The first kappa shape index (κ1) is 20.7. The van der Waals surface area contributed by atoms with Crippen LogP contribution in [-0.4, -0.2) is 46.3 Å². The summed E-state index contributed by atoms with van der Waals surface area (Å²) in [6.07, 6.45) is 0. The third kappa shape index (κ3) is 5.72. The number of halogens is 1. The van der Waals surface area contributed by atoms with Gasteiger partial charge < -0.3 is 10.2 Å². The van der Waals surface area contributed by atoms with E-state index < -0.39 is 0 Å². The smallest absolute Gasteiger partial charge is 0.236 e. The van der Waals surface area contributed by atoms with Crippen molar-refractivity contribution in [2.24, 2.45) is 0 Å². The van der Waals surface area contributed by atoms with Gasteiger partial charge in [0.2, 0.25) is 11.8 Å². The number of benzene rings is 1. The van der Waals surface area contributed by atoms with Gasteiger partial charge in [0, 0.05) is 28.6 Å². The molecule has 0 saturated heterocycles. The van der Waals surface area contributed by atoms with Crippen LogP contribution in [-0.2, 0) is 9.59 Å². The van der Waals surface area contributed by atoms with Crippen molar-refractivity contribution >= 4 is 51.6 Å². The van der Waals surface area contributed by atoms with E-state index in [2.05, 4.69) is 10.3 Å². The topological polar surface area (TPSA) is 62.3 Å². The highest BCUT2D eigenvalue weighted by atomic mass is 35.5. The van der Waals surface area contributed by atoms with Gasteiger partial charge >= 0.3 is 0 Å². The second kappa shape index (κ2) is 9.94. The summed E-state index contributed by atoms with van der Waals surface area (Å²) in [4.78, 5) is 31.3. The number of thiazole rings is 1. The number of thioether (sulfide) groups is 1. The Balaban J connectivity index is 1.89. The molecular weight excluding hydrogens is 390 g/mol. The van der Waals surface area contributed by atoms with Crippen molar-refractivity contribution in [3.8, 4) is 11.3 Å². The van der Waals surface area contributed by atoms with E-state index in [9.17, 15) is 9.59 Å². The summed E-state index contributed by atoms with van der Waals surface area (Å²) in [5, 5.41) is 4.05. The summed E-state index contributed by atoms with van der Waals surface area (Å²) in [5.41, 5.74) is 1.80. The van der Waals surface area contributed by atoms with Crippen LogP contribution in [0.2, 0.25) is 5.02 Å². The van der Waals surface area contributed by atoms with Crippen LogP contribution in [0, 0.1) is 6.92 Å². The highest BCUT2D eigenvalue weighted by molar-refractivity contribution is 8.00. The van der Waals surface area contributed by atoms with Gasteiger partial charge in [-0.1, -0.05) is 23.7 Å². The van der Waals surface area contributed by atoms with Crippen LogP contribution in [0.5, 0.6) is 0 Å². The van der Waals surface area contributed by atoms with Gasteiger partial charge in [0.25, 0.3) is 0 Å². The molecule has 2 rings (SSSR count). The molecule has 2 aromatic rings. The van der Waals surface area contributed by atoms with Crippen LogP contribution in [0.1, 0.15) is 18.7 Å². The predicted molar refractivity (Wildman–Crippen MR) is 111 cm³/mol. The normalized spacial score (nSPS) is 10.6. The average Bonchev–Trinajstić information content (AvgIpc) is 2.96. The molecule has 1 heterocycles. The lowest BCUT2D eigenvalue weighted by atomic mass is 10.1. The number of nitrogens with zero attached hydrogens (tertiary/aromatic N) is 2. The van der Waals surface area contributed by atoms with E-state index in [-0.39, 0.29) is 17.6 Å². The number of carbonyl (C=O) groups is 2. The lowest BCUT2D eigenvalue weighted by molar-refractivity contribution is -0.127. The van der Waals surface area contributed by atoms with Crippen molar-refractivity contribution in [2.45, 2.75) is 20.8 Å². The van der Waals surface area contributed by atoms with E-state index in [1.807, 2.05) is 45.0 Å². The molecule has 0 fully saturated rings. The number of hydrogen-bond acceptors (Lipinski definition) is 5. The van der Waals surface area contributed by atoms with Crippen LogP contribution in [0.3, 0.4) is 0 Å². The number of aromatic nitrogens is 1. The molecule has 0 atom stereocenters. The predicted octanol–water partition coefficient (Wildman–Crippen LogP) is 4.31. The van der Waals surface area contributed by atoms with E-state index in [1.165, 1.54) is 23.1 Å². The van der Waals surface area contributed by atoms with E-state index in [0.29, 0.717) is 29.0 Å². The number of hydrogen-bond donors (Lipinski definition) is 1. The average molecular weight is 412 g/mol. The number of anilines is 1. The van der Waals surface area contributed by atoms with Crippen molar-refractivity contribution in [3.05, 3.63) is 34.2 Å². The zero-order valence-electron chi connectivity index (χ0n) is 15.0. The fourth-order valence-corrected chi connectivity index (χ4v) is 4.07. The lowest BCUT2D eigenvalue weighted by Gasteiger charge is -2.17. The van der Waals surface area contributed by atoms with Crippen molar-refractivity contribution in [1.82, 2.24) is 9.88 Å².